The molecule has 1 aromatic rings. The van der Waals surface area contributed by atoms with Gasteiger partial charge in [-0.3, -0.25) is 9.59 Å². The summed E-state index contributed by atoms with van der Waals surface area (Å²) in [6.07, 6.45) is -4.44. The third-order valence-corrected chi connectivity index (χ3v) is 5.44. The van der Waals surface area contributed by atoms with E-state index in [4.69, 9.17) is 0 Å². The van der Waals surface area contributed by atoms with Crippen LogP contribution >= 0.6 is 0 Å². The smallest absolute Gasteiger partial charge is 0.386 e. The summed E-state index contributed by atoms with van der Waals surface area (Å²) in [6.45, 7) is 4.94. The van der Waals surface area contributed by atoms with Crippen molar-refractivity contribution in [3.8, 4) is 0 Å². The minimum Gasteiger partial charge on any atom is -0.386 e. The highest BCUT2D eigenvalue weighted by Gasteiger charge is 2.45. The van der Waals surface area contributed by atoms with Crippen LogP contribution in [0.2, 0.25) is 0 Å². The van der Waals surface area contributed by atoms with Crippen LogP contribution < -0.4 is 10.2 Å². The van der Waals surface area contributed by atoms with Crippen molar-refractivity contribution in [3.63, 3.8) is 0 Å². The molecular weight excluding hydrogens is 377 g/mol. The van der Waals surface area contributed by atoms with Crippen molar-refractivity contribution in [2.24, 2.45) is 11.8 Å². The van der Waals surface area contributed by atoms with Gasteiger partial charge in [-0.1, -0.05) is 12.1 Å². The Labute approximate surface area is 160 Å². The predicted molar refractivity (Wildman–Crippen MR) is 93.4 cm³/mol. The van der Waals surface area contributed by atoms with E-state index in [0.29, 0.717) is 17.8 Å². The second-order valence-corrected chi connectivity index (χ2v) is 7.65. The predicted octanol–water partition coefficient (Wildman–Crippen LogP) is 2.17. The van der Waals surface area contributed by atoms with Gasteiger partial charge in [-0.2, -0.15) is 13.2 Å². The quantitative estimate of drug-likeness (QED) is 0.624. The average molecular weight is 398 g/mol. The largest absolute Gasteiger partial charge is 0.491 e. The number of esters is 2. The molecule has 3 rings (SSSR count). The van der Waals surface area contributed by atoms with E-state index in [1.807, 2.05) is 0 Å². The van der Waals surface area contributed by atoms with E-state index in [-0.39, 0.29) is 17.7 Å². The molecular formula is C19H21F3N2O4. The fraction of sp³-hybridized carbons (Fsp3) is 0.526. The first-order chi connectivity index (χ1) is 13.0. The molecule has 2 fully saturated rings. The lowest BCUT2D eigenvalue weighted by molar-refractivity contribution is -0.203. The second kappa shape index (κ2) is 7.20. The summed E-state index contributed by atoms with van der Waals surface area (Å²) in [5.74, 6) is -3.52. The minimum atomic E-state index is -5.24. The fourth-order valence-electron chi connectivity index (χ4n) is 3.64. The van der Waals surface area contributed by atoms with E-state index < -0.39 is 23.5 Å². The lowest BCUT2D eigenvalue weighted by atomic mass is 9.84. The molecule has 28 heavy (non-hydrogen) atoms. The van der Waals surface area contributed by atoms with Gasteiger partial charge in [0.15, 0.2) is 0 Å². The van der Waals surface area contributed by atoms with Crippen molar-refractivity contribution < 1.29 is 32.3 Å². The van der Waals surface area contributed by atoms with Crippen molar-refractivity contribution in [1.82, 2.24) is 5.32 Å². The van der Waals surface area contributed by atoms with Crippen LogP contribution in [-0.4, -0.2) is 43.7 Å². The lowest BCUT2D eigenvalue weighted by Gasteiger charge is -2.24. The van der Waals surface area contributed by atoms with Gasteiger partial charge in [0.05, 0.1) is 5.41 Å². The Hall–Kier alpha value is -2.42. The van der Waals surface area contributed by atoms with Gasteiger partial charge >= 0.3 is 18.1 Å². The number of ether oxygens (including phenoxy) is 1. The maximum Gasteiger partial charge on any atom is 0.491 e. The average Bonchev–Trinajstić information content (AvgIpc) is 2.98. The van der Waals surface area contributed by atoms with E-state index in [1.54, 1.807) is 29.2 Å². The molecule has 0 aromatic heterocycles. The zero-order chi connectivity index (χ0) is 20.7. The van der Waals surface area contributed by atoms with Crippen LogP contribution in [0.15, 0.2) is 24.3 Å². The van der Waals surface area contributed by atoms with Gasteiger partial charge in [0.25, 0.3) is 0 Å². The molecule has 2 atom stereocenters. The summed E-state index contributed by atoms with van der Waals surface area (Å²) in [7, 11) is 0. The Balaban J connectivity index is 1.74. The van der Waals surface area contributed by atoms with Crippen molar-refractivity contribution >= 4 is 23.5 Å². The Morgan fingerprint density at radius 2 is 1.79 bits per heavy atom. The summed E-state index contributed by atoms with van der Waals surface area (Å²) in [6, 6.07) is 6.42. The summed E-state index contributed by atoms with van der Waals surface area (Å²) >= 11 is 0. The number of amides is 1. The molecule has 0 bridgehead atoms. The van der Waals surface area contributed by atoms with Gasteiger partial charge < -0.3 is 15.0 Å². The molecule has 9 heteroatoms. The highest BCUT2D eigenvalue weighted by atomic mass is 19.4. The number of rotatable bonds is 3. The number of carbonyl (C=O) groups excluding carboxylic acids is 3. The van der Waals surface area contributed by atoms with Crippen LogP contribution in [-0.2, 0) is 24.5 Å². The Bertz CT molecular complexity index is 789. The number of carbonyl (C=O) groups is 3. The molecule has 1 aromatic carbocycles. The third kappa shape index (κ3) is 3.76. The number of nitrogens with zero attached hydrogens (tertiary/aromatic N) is 1. The standard InChI is InChI=1S/C19H21F3N2O4/c1-18(2,16(26)28-17(27)19(20,21)22)12-3-5-13(6-4-12)24-10-11-9-23-8-7-14(11)15(24)25/h3-6,11,14,23H,7-10H2,1-2H3/t11-,14-/m0/s1. The van der Waals surface area contributed by atoms with Crippen LogP contribution in [0.4, 0.5) is 18.9 Å². The number of anilines is 1. The monoisotopic (exact) mass is 398 g/mol. The summed E-state index contributed by atoms with van der Waals surface area (Å²) in [5.41, 5.74) is -0.424. The van der Waals surface area contributed by atoms with Crippen LogP contribution in [0.25, 0.3) is 0 Å². The topological polar surface area (TPSA) is 75.7 Å². The van der Waals surface area contributed by atoms with E-state index in [2.05, 4.69) is 10.1 Å². The fourth-order valence-corrected chi connectivity index (χ4v) is 3.64. The minimum absolute atomic E-state index is 0.000672. The van der Waals surface area contributed by atoms with Crippen molar-refractivity contribution in [2.75, 3.05) is 24.5 Å². The number of nitrogens with one attached hydrogen (secondary N) is 1. The summed E-state index contributed by atoms with van der Waals surface area (Å²) in [5, 5.41) is 3.28. The number of benzene rings is 1. The number of piperidine rings is 1. The molecule has 0 spiro atoms. The number of hydrogen-bond donors (Lipinski definition) is 1. The van der Waals surface area contributed by atoms with E-state index in [9.17, 15) is 27.6 Å². The maximum absolute atomic E-state index is 12.6. The molecule has 152 valence electrons. The molecule has 2 aliphatic rings. The Morgan fingerprint density at radius 1 is 1.14 bits per heavy atom. The molecule has 0 unspecified atom stereocenters. The molecule has 2 saturated heterocycles. The van der Waals surface area contributed by atoms with E-state index in [1.165, 1.54) is 13.8 Å². The molecule has 6 nitrogen and oxygen atoms in total. The van der Waals surface area contributed by atoms with Crippen LogP contribution in [0, 0.1) is 11.8 Å². The molecule has 1 amide bonds. The van der Waals surface area contributed by atoms with E-state index >= 15 is 0 Å². The first kappa shape index (κ1) is 20.3. The molecule has 2 aliphatic heterocycles. The zero-order valence-corrected chi connectivity index (χ0v) is 15.5. The number of hydrogen-bond acceptors (Lipinski definition) is 5. The Kier molecular flexibility index (Phi) is 5.22. The third-order valence-electron chi connectivity index (χ3n) is 5.44. The molecule has 0 saturated carbocycles. The SMILES string of the molecule is CC(C)(C(=O)OC(=O)C(F)(F)F)c1ccc(N2C[C@@H]3CNCC[C@@H]3C2=O)cc1. The van der Waals surface area contributed by atoms with Crippen LogP contribution in [0.1, 0.15) is 25.8 Å². The number of halogens is 3. The van der Waals surface area contributed by atoms with Gasteiger partial charge in [0.2, 0.25) is 5.91 Å². The van der Waals surface area contributed by atoms with Crippen molar-refractivity contribution in [1.29, 1.82) is 0 Å². The highest BCUT2D eigenvalue weighted by Crippen LogP contribution is 2.34. The van der Waals surface area contributed by atoms with Gasteiger partial charge in [-0.05, 0) is 44.5 Å². The normalized spacial score (nSPS) is 22.8. The molecule has 0 radical (unpaired) electrons. The Morgan fingerprint density at radius 3 is 2.36 bits per heavy atom. The van der Waals surface area contributed by atoms with Gasteiger partial charge in [0.1, 0.15) is 0 Å². The van der Waals surface area contributed by atoms with Crippen LogP contribution in [0.3, 0.4) is 0 Å². The first-order valence-electron chi connectivity index (χ1n) is 8.98. The molecule has 2 heterocycles. The van der Waals surface area contributed by atoms with Gasteiger partial charge in [-0.15, -0.1) is 0 Å². The highest BCUT2D eigenvalue weighted by molar-refractivity contribution is 5.98. The second-order valence-electron chi connectivity index (χ2n) is 7.65. The summed E-state index contributed by atoms with van der Waals surface area (Å²) < 4.78 is 40.9. The van der Waals surface area contributed by atoms with Gasteiger partial charge in [0, 0.05) is 30.6 Å². The van der Waals surface area contributed by atoms with Crippen molar-refractivity contribution in [2.45, 2.75) is 31.9 Å². The van der Waals surface area contributed by atoms with Crippen LogP contribution in [0.5, 0.6) is 0 Å². The van der Waals surface area contributed by atoms with Gasteiger partial charge in [-0.25, -0.2) is 4.79 Å². The maximum atomic E-state index is 12.6. The number of fused-ring (bicyclic) bond motifs is 1. The first-order valence-corrected chi connectivity index (χ1v) is 8.98. The number of alkyl halides is 3. The van der Waals surface area contributed by atoms with Crippen molar-refractivity contribution in [3.05, 3.63) is 29.8 Å². The van der Waals surface area contributed by atoms with E-state index in [0.717, 1.165) is 19.5 Å². The zero-order valence-electron chi connectivity index (χ0n) is 15.5. The molecule has 0 aliphatic carbocycles. The lowest BCUT2D eigenvalue weighted by Crippen LogP contribution is -2.37. The summed E-state index contributed by atoms with van der Waals surface area (Å²) in [4.78, 5) is 37.3. The molecule has 1 N–H and O–H groups in total.